The fourth-order valence-electron chi connectivity index (χ4n) is 3.57. The van der Waals surface area contributed by atoms with Crippen LogP contribution in [0.1, 0.15) is 36.9 Å². The van der Waals surface area contributed by atoms with Crippen molar-refractivity contribution in [1.82, 2.24) is 4.90 Å². The van der Waals surface area contributed by atoms with E-state index >= 15 is 0 Å². The van der Waals surface area contributed by atoms with Crippen LogP contribution in [0.5, 0.6) is 0 Å². The quantitative estimate of drug-likeness (QED) is 0.534. The number of nitrogens with zero attached hydrogens (tertiary/aromatic N) is 1. The van der Waals surface area contributed by atoms with Gasteiger partial charge in [0.25, 0.3) is 10.1 Å². The molecule has 1 unspecified atom stereocenters. The molecule has 3 rings (SSSR count). The Hall–Kier alpha value is -1.69. The van der Waals surface area contributed by atoms with E-state index in [-0.39, 0.29) is 18.7 Å². The van der Waals surface area contributed by atoms with Gasteiger partial charge in [-0.1, -0.05) is 74.0 Å². The highest BCUT2D eigenvalue weighted by atomic mass is 32.2. The Morgan fingerprint density at radius 3 is 1.92 bits per heavy atom. The van der Waals surface area contributed by atoms with E-state index in [4.69, 9.17) is 4.18 Å². The van der Waals surface area contributed by atoms with Gasteiger partial charge in [-0.15, -0.1) is 0 Å². The van der Waals surface area contributed by atoms with Crippen LogP contribution in [-0.2, 0) is 14.3 Å². The van der Waals surface area contributed by atoms with Crippen LogP contribution in [0.25, 0.3) is 0 Å². The molecule has 0 saturated carbocycles. The molecular formula is C20H25NO3S. The fraction of sp³-hybridized carbons (Fsp3) is 0.400. The summed E-state index contributed by atoms with van der Waals surface area (Å²) >= 11 is 0. The van der Waals surface area contributed by atoms with E-state index in [9.17, 15) is 8.42 Å². The van der Waals surface area contributed by atoms with Crippen LogP contribution in [-0.4, -0.2) is 38.3 Å². The Bertz CT molecular complexity index is 738. The Balaban J connectivity index is 1.89. The summed E-state index contributed by atoms with van der Waals surface area (Å²) in [6.07, 6.45) is 3.21. The number of hydrogen-bond acceptors (Lipinski definition) is 4. The number of benzene rings is 2. The predicted octanol–water partition coefficient (Wildman–Crippen LogP) is 3.61. The maximum atomic E-state index is 11.4. The Labute approximate surface area is 150 Å². The van der Waals surface area contributed by atoms with Crippen molar-refractivity contribution in [1.29, 1.82) is 0 Å². The normalized spacial score (nSPS) is 22.9. The van der Waals surface area contributed by atoms with Crippen molar-refractivity contribution in [2.75, 3.05) is 12.9 Å². The molecule has 2 aromatic rings. The summed E-state index contributed by atoms with van der Waals surface area (Å²) in [5.74, 6) is 0. The molecule has 1 fully saturated rings. The lowest BCUT2D eigenvalue weighted by atomic mass is 9.98. The average Bonchev–Trinajstić information content (AvgIpc) is 3.27. The highest BCUT2D eigenvalue weighted by Crippen LogP contribution is 2.44. The zero-order valence-corrected chi connectivity index (χ0v) is 15.5. The van der Waals surface area contributed by atoms with E-state index < -0.39 is 10.1 Å². The molecule has 0 aliphatic carbocycles. The third-order valence-corrected chi connectivity index (χ3v) is 5.25. The van der Waals surface area contributed by atoms with Gasteiger partial charge in [0, 0.05) is 6.04 Å². The minimum absolute atomic E-state index is 0.118. The standard InChI is InChI=1S/C20H25NO3S/c1-3-10-18-19(15-24-25(2,22)23)21(18)20(16-11-6-4-7-12-16)17-13-8-5-9-14-17/h4-9,11-14,18-20H,3,10,15H2,1-2H3/t18-,19-,21?/m1/s1. The monoisotopic (exact) mass is 359 g/mol. The largest absolute Gasteiger partial charge is 0.281 e. The smallest absolute Gasteiger partial charge is 0.264 e. The molecule has 134 valence electrons. The molecule has 0 amide bonds. The second kappa shape index (κ2) is 7.68. The van der Waals surface area contributed by atoms with Gasteiger partial charge in [0.05, 0.1) is 24.9 Å². The number of rotatable bonds is 8. The minimum Gasteiger partial charge on any atom is -0.281 e. The van der Waals surface area contributed by atoms with E-state index in [1.165, 1.54) is 11.1 Å². The molecule has 0 aromatic heterocycles. The van der Waals surface area contributed by atoms with E-state index in [0.717, 1.165) is 19.1 Å². The van der Waals surface area contributed by atoms with Crippen LogP contribution in [0, 0.1) is 0 Å². The van der Waals surface area contributed by atoms with Crippen molar-refractivity contribution in [2.45, 2.75) is 37.9 Å². The molecule has 25 heavy (non-hydrogen) atoms. The first kappa shape index (κ1) is 18.1. The lowest BCUT2D eigenvalue weighted by molar-refractivity contribution is 0.288. The molecular weight excluding hydrogens is 334 g/mol. The van der Waals surface area contributed by atoms with Crippen molar-refractivity contribution in [3.8, 4) is 0 Å². The molecule has 5 heteroatoms. The summed E-state index contributed by atoms with van der Waals surface area (Å²) < 4.78 is 27.9. The minimum atomic E-state index is -3.42. The molecule has 1 aliphatic rings. The molecule has 0 bridgehead atoms. The van der Waals surface area contributed by atoms with Crippen molar-refractivity contribution < 1.29 is 12.6 Å². The predicted molar refractivity (Wildman–Crippen MR) is 99.8 cm³/mol. The lowest BCUT2D eigenvalue weighted by Crippen LogP contribution is -2.18. The highest BCUT2D eigenvalue weighted by Gasteiger charge is 2.51. The summed E-state index contributed by atoms with van der Waals surface area (Å²) in [7, 11) is -3.42. The van der Waals surface area contributed by atoms with Gasteiger partial charge < -0.3 is 0 Å². The van der Waals surface area contributed by atoms with Crippen molar-refractivity contribution in [3.63, 3.8) is 0 Å². The highest BCUT2D eigenvalue weighted by molar-refractivity contribution is 7.85. The Morgan fingerprint density at radius 2 is 1.48 bits per heavy atom. The summed E-state index contributed by atoms with van der Waals surface area (Å²) in [6, 6.07) is 21.3. The summed E-state index contributed by atoms with van der Waals surface area (Å²) in [5, 5.41) is 0. The van der Waals surface area contributed by atoms with Gasteiger partial charge >= 0.3 is 0 Å². The third kappa shape index (κ3) is 4.48. The third-order valence-electron chi connectivity index (χ3n) is 4.69. The molecule has 1 saturated heterocycles. The SMILES string of the molecule is CCC[C@@H]1[C@@H](COS(C)(=O)=O)N1C(c1ccccc1)c1ccccc1. The molecule has 4 nitrogen and oxygen atoms in total. The van der Waals surface area contributed by atoms with Gasteiger partial charge in [0.1, 0.15) is 0 Å². The van der Waals surface area contributed by atoms with Crippen molar-refractivity contribution in [2.24, 2.45) is 0 Å². The Morgan fingerprint density at radius 1 is 0.960 bits per heavy atom. The second-order valence-corrected chi connectivity index (χ2v) is 8.23. The van der Waals surface area contributed by atoms with E-state index in [0.29, 0.717) is 6.04 Å². The maximum absolute atomic E-state index is 11.4. The van der Waals surface area contributed by atoms with Crippen molar-refractivity contribution >= 4 is 10.1 Å². The Kier molecular flexibility index (Phi) is 5.57. The first-order valence-electron chi connectivity index (χ1n) is 8.73. The van der Waals surface area contributed by atoms with Gasteiger partial charge in [-0.3, -0.25) is 9.08 Å². The van der Waals surface area contributed by atoms with Crippen LogP contribution >= 0.6 is 0 Å². The molecule has 0 radical (unpaired) electrons. The zero-order valence-electron chi connectivity index (χ0n) is 14.7. The van der Waals surface area contributed by atoms with E-state index in [1.54, 1.807) is 0 Å². The van der Waals surface area contributed by atoms with Gasteiger partial charge in [-0.05, 0) is 17.5 Å². The summed E-state index contributed by atoms with van der Waals surface area (Å²) in [6.45, 7) is 2.38. The van der Waals surface area contributed by atoms with Gasteiger partial charge in [-0.2, -0.15) is 8.42 Å². The summed E-state index contributed by atoms with van der Waals surface area (Å²) in [5.41, 5.74) is 2.44. The zero-order chi connectivity index (χ0) is 17.9. The van der Waals surface area contributed by atoms with E-state index in [2.05, 4.69) is 36.1 Å². The van der Waals surface area contributed by atoms with Crippen LogP contribution in [0.2, 0.25) is 0 Å². The van der Waals surface area contributed by atoms with Crippen LogP contribution in [0.4, 0.5) is 0 Å². The van der Waals surface area contributed by atoms with E-state index in [1.807, 2.05) is 36.4 Å². The van der Waals surface area contributed by atoms with Gasteiger partial charge in [0.15, 0.2) is 0 Å². The molecule has 0 N–H and O–H groups in total. The van der Waals surface area contributed by atoms with Gasteiger partial charge in [0.2, 0.25) is 0 Å². The molecule has 0 spiro atoms. The van der Waals surface area contributed by atoms with Gasteiger partial charge in [-0.25, -0.2) is 0 Å². The van der Waals surface area contributed by atoms with Crippen LogP contribution in [0.3, 0.4) is 0 Å². The molecule has 1 aliphatic heterocycles. The molecule has 2 aromatic carbocycles. The van der Waals surface area contributed by atoms with Crippen LogP contribution in [0.15, 0.2) is 60.7 Å². The molecule has 1 heterocycles. The fourth-order valence-corrected chi connectivity index (χ4v) is 3.96. The average molecular weight is 359 g/mol. The second-order valence-electron chi connectivity index (χ2n) is 6.58. The number of hydrogen-bond donors (Lipinski definition) is 0. The maximum Gasteiger partial charge on any atom is 0.264 e. The summed E-state index contributed by atoms with van der Waals surface area (Å²) in [4.78, 5) is 2.39. The lowest BCUT2D eigenvalue weighted by Gasteiger charge is -2.21. The molecule has 3 atom stereocenters. The van der Waals surface area contributed by atoms with Crippen molar-refractivity contribution in [3.05, 3.63) is 71.8 Å². The first-order valence-corrected chi connectivity index (χ1v) is 10.5. The first-order chi connectivity index (χ1) is 12.0. The van der Waals surface area contributed by atoms with Crippen LogP contribution < -0.4 is 0 Å². The topological polar surface area (TPSA) is 46.4 Å².